The van der Waals surface area contributed by atoms with Crippen molar-refractivity contribution >= 4 is 27.3 Å². The Morgan fingerprint density at radius 1 is 1.40 bits per heavy atom. The van der Waals surface area contributed by atoms with Gasteiger partial charge in [-0.05, 0) is 19.9 Å². The molecule has 0 unspecified atom stereocenters. The predicted molar refractivity (Wildman–Crippen MR) is 76.5 cm³/mol. The summed E-state index contributed by atoms with van der Waals surface area (Å²) in [4.78, 5) is 0. The molecule has 0 aliphatic heterocycles. The zero-order chi connectivity index (χ0) is 15.1. The highest BCUT2D eigenvalue weighted by atomic mass is 35.5. The fourth-order valence-electron chi connectivity index (χ4n) is 1.59. The number of benzene rings is 1. The minimum atomic E-state index is -3.55. The van der Waals surface area contributed by atoms with Gasteiger partial charge in [0, 0.05) is 11.1 Å². The molecule has 0 radical (unpaired) electrons. The van der Waals surface area contributed by atoms with Crippen LogP contribution in [-0.2, 0) is 10.0 Å². The molecule has 8 heteroatoms. The number of nitrogens with zero attached hydrogens (tertiary/aromatic N) is 2. The fraction of sp³-hybridized carbons (Fsp3) is 0.250. The summed E-state index contributed by atoms with van der Waals surface area (Å²) >= 11 is 5.88. The van der Waals surface area contributed by atoms with Gasteiger partial charge in [-0.3, -0.25) is 0 Å². The van der Waals surface area contributed by atoms with E-state index in [0.29, 0.717) is 11.1 Å². The standard InChI is InChI=1S/C12H13ClFN3O2S/c1-7(2)20(18,19)17-6-8(5-16-17)9-3-4-10(15)12(14)11(9)13/h3-7H,15H2,1-2H3. The number of aromatic nitrogens is 2. The van der Waals surface area contributed by atoms with Crippen molar-refractivity contribution in [3.63, 3.8) is 0 Å². The Bertz CT molecular complexity index is 756. The van der Waals surface area contributed by atoms with E-state index in [1.807, 2.05) is 0 Å². The fourth-order valence-corrected chi connectivity index (χ4v) is 2.74. The Hall–Kier alpha value is -1.60. The van der Waals surface area contributed by atoms with Crippen LogP contribution in [0.5, 0.6) is 0 Å². The molecule has 0 aliphatic rings. The number of hydrogen-bond acceptors (Lipinski definition) is 4. The Morgan fingerprint density at radius 3 is 2.65 bits per heavy atom. The molecule has 1 aromatic carbocycles. The predicted octanol–water partition coefficient (Wildman–Crippen LogP) is 2.51. The van der Waals surface area contributed by atoms with Gasteiger partial charge in [-0.25, -0.2) is 12.8 Å². The van der Waals surface area contributed by atoms with Crippen molar-refractivity contribution < 1.29 is 12.8 Å². The molecule has 2 aromatic rings. The van der Waals surface area contributed by atoms with Crippen LogP contribution in [0.15, 0.2) is 24.5 Å². The smallest absolute Gasteiger partial charge is 0.256 e. The SMILES string of the molecule is CC(C)S(=O)(=O)n1cc(-c2ccc(N)c(F)c2Cl)cn1. The molecule has 0 amide bonds. The van der Waals surface area contributed by atoms with Crippen LogP contribution in [0.25, 0.3) is 11.1 Å². The van der Waals surface area contributed by atoms with E-state index in [4.69, 9.17) is 17.3 Å². The van der Waals surface area contributed by atoms with Gasteiger partial charge in [0.1, 0.15) is 0 Å². The molecule has 0 aliphatic carbocycles. The van der Waals surface area contributed by atoms with E-state index in [1.165, 1.54) is 24.5 Å². The molecule has 1 aromatic heterocycles. The maximum atomic E-state index is 13.6. The van der Waals surface area contributed by atoms with Crippen molar-refractivity contribution in [1.82, 2.24) is 9.19 Å². The summed E-state index contributed by atoms with van der Waals surface area (Å²) in [7, 11) is -3.55. The summed E-state index contributed by atoms with van der Waals surface area (Å²) in [5.41, 5.74) is 6.07. The summed E-state index contributed by atoms with van der Waals surface area (Å²) < 4.78 is 38.4. The molecule has 0 fully saturated rings. The van der Waals surface area contributed by atoms with Crippen molar-refractivity contribution in [3.05, 3.63) is 35.4 Å². The third kappa shape index (κ3) is 2.38. The molecule has 1 heterocycles. The molecule has 108 valence electrons. The largest absolute Gasteiger partial charge is 0.396 e. The summed E-state index contributed by atoms with van der Waals surface area (Å²) in [5.74, 6) is -0.733. The van der Waals surface area contributed by atoms with Crippen molar-refractivity contribution in [3.8, 4) is 11.1 Å². The lowest BCUT2D eigenvalue weighted by atomic mass is 10.1. The highest BCUT2D eigenvalue weighted by Crippen LogP contribution is 2.32. The molecule has 0 atom stereocenters. The Kier molecular flexibility index (Phi) is 3.75. The molecular formula is C12H13ClFN3O2S. The topological polar surface area (TPSA) is 78.0 Å². The second-order valence-corrected chi connectivity index (χ2v) is 7.25. The van der Waals surface area contributed by atoms with Gasteiger partial charge in [-0.1, -0.05) is 17.7 Å². The lowest BCUT2D eigenvalue weighted by Gasteiger charge is -2.07. The van der Waals surface area contributed by atoms with Crippen LogP contribution in [0, 0.1) is 5.82 Å². The van der Waals surface area contributed by atoms with Crippen LogP contribution in [0.2, 0.25) is 5.02 Å². The van der Waals surface area contributed by atoms with Gasteiger partial charge in [-0.15, -0.1) is 0 Å². The molecule has 20 heavy (non-hydrogen) atoms. The van der Waals surface area contributed by atoms with Gasteiger partial charge in [0.2, 0.25) is 0 Å². The molecule has 2 N–H and O–H groups in total. The monoisotopic (exact) mass is 317 g/mol. The summed E-state index contributed by atoms with van der Waals surface area (Å²) in [6.07, 6.45) is 2.61. The van der Waals surface area contributed by atoms with Gasteiger partial charge in [-0.2, -0.15) is 9.19 Å². The Balaban J connectivity index is 2.53. The van der Waals surface area contributed by atoms with Crippen LogP contribution in [0.3, 0.4) is 0 Å². The normalized spacial score (nSPS) is 12.1. The summed E-state index contributed by atoms with van der Waals surface area (Å²) in [5, 5.41) is 3.02. The first-order valence-corrected chi connectivity index (χ1v) is 7.66. The van der Waals surface area contributed by atoms with Gasteiger partial charge < -0.3 is 5.73 Å². The first-order valence-electron chi connectivity index (χ1n) is 5.78. The quantitative estimate of drug-likeness (QED) is 0.882. The average molecular weight is 318 g/mol. The van der Waals surface area contributed by atoms with E-state index in [-0.39, 0.29) is 10.7 Å². The van der Waals surface area contributed by atoms with Crippen molar-refractivity contribution in [2.24, 2.45) is 0 Å². The summed E-state index contributed by atoms with van der Waals surface area (Å²) in [6.45, 7) is 3.10. The number of anilines is 1. The van der Waals surface area contributed by atoms with E-state index in [9.17, 15) is 12.8 Å². The molecule has 0 spiro atoms. The lowest BCUT2D eigenvalue weighted by Crippen LogP contribution is -2.22. The van der Waals surface area contributed by atoms with Crippen LogP contribution >= 0.6 is 11.6 Å². The highest BCUT2D eigenvalue weighted by molar-refractivity contribution is 7.90. The van der Waals surface area contributed by atoms with Gasteiger partial charge in [0.05, 0.1) is 28.4 Å². The first kappa shape index (κ1) is 14.8. The average Bonchev–Trinajstić information content (AvgIpc) is 2.86. The molecular weight excluding hydrogens is 305 g/mol. The van der Waals surface area contributed by atoms with E-state index in [0.717, 1.165) is 4.09 Å². The molecule has 0 saturated heterocycles. The number of nitrogen functional groups attached to an aromatic ring is 1. The van der Waals surface area contributed by atoms with Gasteiger partial charge in [0.15, 0.2) is 5.82 Å². The van der Waals surface area contributed by atoms with E-state index in [2.05, 4.69) is 5.10 Å². The van der Waals surface area contributed by atoms with Gasteiger partial charge in [0.25, 0.3) is 10.0 Å². The minimum absolute atomic E-state index is 0.0686. The van der Waals surface area contributed by atoms with Crippen LogP contribution in [0.1, 0.15) is 13.8 Å². The Labute approximate surface area is 121 Å². The lowest BCUT2D eigenvalue weighted by molar-refractivity contribution is 0.571. The summed E-state index contributed by atoms with van der Waals surface area (Å²) in [6, 6.07) is 2.88. The van der Waals surface area contributed by atoms with E-state index < -0.39 is 21.1 Å². The maximum Gasteiger partial charge on any atom is 0.256 e. The van der Waals surface area contributed by atoms with Crippen LogP contribution in [0.4, 0.5) is 10.1 Å². The number of rotatable bonds is 3. The zero-order valence-corrected chi connectivity index (χ0v) is 12.4. The second-order valence-electron chi connectivity index (χ2n) is 4.53. The third-order valence-electron chi connectivity index (χ3n) is 2.84. The number of hydrogen-bond donors (Lipinski definition) is 1. The van der Waals surface area contributed by atoms with E-state index >= 15 is 0 Å². The van der Waals surface area contributed by atoms with Crippen molar-refractivity contribution in [2.45, 2.75) is 19.1 Å². The van der Waals surface area contributed by atoms with E-state index in [1.54, 1.807) is 13.8 Å². The molecule has 0 bridgehead atoms. The zero-order valence-electron chi connectivity index (χ0n) is 10.8. The minimum Gasteiger partial charge on any atom is -0.396 e. The number of halogens is 2. The van der Waals surface area contributed by atoms with Crippen LogP contribution < -0.4 is 5.73 Å². The molecule has 0 saturated carbocycles. The van der Waals surface area contributed by atoms with Crippen molar-refractivity contribution in [2.75, 3.05) is 5.73 Å². The second kappa shape index (κ2) is 5.06. The third-order valence-corrected chi connectivity index (χ3v) is 5.12. The van der Waals surface area contributed by atoms with Crippen molar-refractivity contribution in [1.29, 1.82) is 0 Å². The first-order chi connectivity index (χ1) is 9.25. The van der Waals surface area contributed by atoms with Gasteiger partial charge >= 0.3 is 0 Å². The maximum absolute atomic E-state index is 13.6. The highest BCUT2D eigenvalue weighted by Gasteiger charge is 2.21. The molecule has 5 nitrogen and oxygen atoms in total. The Morgan fingerprint density at radius 2 is 2.05 bits per heavy atom. The number of nitrogens with two attached hydrogens (primary N) is 1. The molecule has 2 rings (SSSR count). The van der Waals surface area contributed by atoms with Crippen LogP contribution in [-0.4, -0.2) is 22.9 Å².